The minimum atomic E-state index is -0.517. The van der Waals surface area contributed by atoms with Crippen LogP contribution < -0.4 is 5.32 Å². The number of nitrogens with one attached hydrogen (secondary N) is 1. The molecule has 0 spiro atoms. The van der Waals surface area contributed by atoms with Gasteiger partial charge in [-0.05, 0) is 19.1 Å². The van der Waals surface area contributed by atoms with E-state index in [-0.39, 0.29) is 41.6 Å². The van der Waals surface area contributed by atoms with Gasteiger partial charge in [-0.3, -0.25) is 19.6 Å². The summed E-state index contributed by atoms with van der Waals surface area (Å²) in [5, 5.41) is 31.0. The summed E-state index contributed by atoms with van der Waals surface area (Å²) in [6.07, 6.45) is 2.70. The van der Waals surface area contributed by atoms with Gasteiger partial charge in [0.25, 0.3) is 0 Å². The maximum absolute atomic E-state index is 12.3. The standard InChI is InChI=1S/C17H15N7O3/c1-12-15(24(26)27)11-22(21-12)8-7-16(25)20-17-13(9-18)10-19-23(17)14-5-3-2-4-6-14/h2-6,10-11H,7-8H2,1H3,(H,20,25). The highest BCUT2D eigenvalue weighted by atomic mass is 16.6. The van der Waals surface area contributed by atoms with Crippen LogP contribution >= 0.6 is 0 Å². The molecular formula is C17H15N7O3. The number of nitrogens with zero attached hydrogens (tertiary/aromatic N) is 6. The van der Waals surface area contributed by atoms with Crippen LogP contribution in [-0.4, -0.2) is 30.4 Å². The van der Waals surface area contributed by atoms with Crippen molar-refractivity contribution in [2.45, 2.75) is 19.9 Å². The van der Waals surface area contributed by atoms with Gasteiger partial charge >= 0.3 is 5.69 Å². The first-order chi connectivity index (χ1) is 13.0. The minimum Gasteiger partial charge on any atom is -0.309 e. The normalized spacial score (nSPS) is 10.4. The van der Waals surface area contributed by atoms with Crippen LogP contribution in [0.2, 0.25) is 0 Å². The van der Waals surface area contributed by atoms with Crippen molar-refractivity contribution in [1.29, 1.82) is 5.26 Å². The fraction of sp³-hybridized carbons (Fsp3) is 0.176. The van der Waals surface area contributed by atoms with Crippen molar-refractivity contribution in [2.75, 3.05) is 5.32 Å². The second-order valence-electron chi connectivity index (χ2n) is 5.68. The van der Waals surface area contributed by atoms with E-state index in [2.05, 4.69) is 15.5 Å². The number of carbonyl (C=O) groups is 1. The predicted octanol–water partition coefficient (Wildman–Crippen LogP) is 2.19. The van der Waals surface area contributed by atoms with E-state index >= 15 is 0 Å². The third-order valence-electron chi connectivity index (χ3n) is 3.83. The molecule has 2 aromatic heterocycles. The maximum Gasteiger partial charge on any atom is 0.309 e. The molecule has 0 atom stereocenters. The molecule has 3 aromatic rings. The van der Waals surface area contributed by atoms with E-state index in [9.17, 15) is 20.2 Å². The zero-order valence-corrected chi connectivity index (χ0v) is 14.4. The van der Waals surface area contributed by atoms with E-state index in [0.717, 1.165) is 0 Å². The first kappa shape index (κ1) is 17.8. The molecule has 3 rings (SSSR count). The quantitative estimate of drug-likeness (QED) is 0.526. The summed E-state index contributed by atoms with van der Waals surface area (Å²) >= 11 is 0. The molecule has 1 N–H and O–H groups in total. The summed E-state index contributed by atoms with van der Waals surface area (Å²) in [4.78, 5) is 22.7. The summed E-state index contributed by atoms with van der Waals surface area (Å²) in [7, 11) is 0. The fourth-order valence-corrected chi connectivity index (χ4v) is 2.53. The molecule has 0 bridgehead atoms. The Bertz CT molecular complexity index is 1030. The van der Waals surface area contributed by atoms with E-state index < -0.39 is 4.92 Å². The molecular weight excluding hydrogens is 350 g/mol. The fourth-order valence-electron chi connectivity index (χ4n) is 2.53. The summed E-state index contributed by atoms with van der Waals surface area (Å²) < 4.78 is 2.83. The molecule has 10 nitrogen and oxygen atoms in total. The Morgan fingerprint density at radius 2 is 2.11 bits per heavy atom. The number of amides is 1. The van der Waals surface area contributed by atoms with Crippen LogP contribution in [0.4, 0.5) is 11.5 Å². The molecule has 0 aliphatic carbocycles. The number of aryl methyl sites for hydroxylation is 2. The van der Waals surface area contributed by atoms with Crippen molar-refractivity contribution in [3.05, 3.63) is 64.1 Å². The number of nitriles is 1. The van der Waals surface area contributed by atoms with E-state index in [1.165, 1.54) is 28.7 Å². The van der Waals surface area contributed by atoms with Crippen LogP contribution in [0.1, 0.15) is 17.7 Å². The Labute approximate surface area is 153 Å². The molecule has 0 unspecified atom stereocenters. The van der Waals surface area contributed by atoms with Crippen LogP contribution in [-0.2, 0) is 11.3 Å². The van der Waals surface area contributed by atoms with Gasteiger partial charge in [0.2, 0.25) is 5.91 Å². The van der Waals surface area contributed by atoms with E-state index in [0.29, 0.717) is 5.69 Å². The van der Waals surface area contributed by atoms with Gasteiger partial charge in [-0.15, -0.1) is 0 Å². The molecule has 0 aliphatic rings. The lowest BCUT2D eigenvalue weighted by Crippen LogP contribution is -2.18. The molecule has 0 saturated heterocycles. The maximum atomic E-state index is 12.3. The topological polar surface area (TPSA) is 132 Å². The van der Waals surface area contributed by atoms with Crippen molar-refractivity contribution >= 4 is 17.4 Å². The Balaban J connectivity index is 1.73. The molecule has 136 valence electrons. The lowest BCUT2D eigenvalue weighted by molar-refractivity contribution is -0.385. The van der Waals surface area contributed by atoms with Crippen molar-refractivity contribution in [3.8, 4) is 11.8 Å². The second kappa shape index (κ2) is 7.49. The predicted molar refractivity (Wildman–Crippen MR) is 95.1 cm³/mol. The van der Waals surface area contributed by atoms with Crippen LogP contribution in [0.25, 0.3) is 5.69 Å². The summed E-state index contributed by atoms with van der Waals surface area (Å²) in [5.41, 5.74) is 1.13. The first-order valence-corrected chi connectivity index (χ1v) is 8.01. The van der Waals surface area contributed by atoms with Gasteiger partial charge in [-0.25, -0.2) is 4.68 Å². The first-order valence-electron chi connectivity index (χ1n) is 8.01. The van der Waals surface area contributed by atoms with E-state index in [1.807, 2.05) is 24.3 Å². The Kier molecular flexibility index (Phi) is 4.94. The Hall–Kier alpha value is -4.00. The van der Waals surface area contributed by atoms with Gasteiger partial charge in [0, 0.05) is 13.0 Å². The summed E-state index contributed by atoms with van der Waals surface area (Å²) in [5.74, 6) is -0.0867. The van der Waals surface area contributed by atoms with Crippen molar-refractivity contribution in [1.82, 2.24) is 19.6 Å². The van der Waals surface area contributed by atoms with Gasteiger partial charge in [0.15, 0.2) is 5.82 Å². The summed E-state index contributed by atoms with van der Waals surface area (Å²) in [6, 6.07) is 11.1. The Morgan fingerprint density at radius 3 is 2.74 bits per heavy atom. The highest BCUT2D eigenvalue weighted by Gasteiger charge is 2.17. The number of hydrogen-bond acceptors (Lipinski definition) is 6. The molecule has 0 fully saturated rings. The number of benzene rings is 1. The van der Waals surface area contributed by atoms with Crippen LogP contribution in [0.3, 0.4) is 0 Å². The smallest absolute Gasteiger partial charge is 0.309 e. The number of carbonyl (C=O) groups excluding carboxylic acids is 1. The minimum absolute atomic E-state index is 0.0309. The molecule has 2 heterocycles. The molecule has 0 saturated carbocycles. The number of para-hydroxylation sites is 1. The second-order valence-corrected chi connectivity index (χ2v) is 5.68. The molecule has 10 heteroatoms. The van der Waals surface area contributed by atoms with Gasteiger partial charge in [-0.2, -0.15) is 15.5 Å². The lowest BCUT2D eigenvalue weighted by Gasteiger charge is -2.09. The molecule has 0 radical (unpaired) electrons. The summed E-state index contributed by atoms with van der Waals surface area (Å²) in [6.45, 7) is 1.70. The molecule has 1 aromatic carbocycles. The van der Waals surface area contributed by atoms with E-state index in [1.54, 1.807) is 12.1 Å². The molecule has 0 aliphatic heterocycles. The largest absolute Gasteiger partial charge is 0.309 e. The average molecular weight is 365 g/mol. The monoisotopic (exact) mass is 365 g/mol. The van der Waals surface area contributed by atoms with Gasteiger partial charge in [0.05, 0.1) is 16.8 Å². The van der Waals surface area contributed by atoms with Gasteiger partial charge < -0.3 is 5.32 Å². The zero-order valence-electron chi connectivity index (χ0n) is 14.4. The van der Waals surface area contributed by atoms with Crippen molar-refractivity contribution in [3.63, 3.8) is 0 Å². The number of nitro groups is 1. The number of aromatic nitrogens is 4. The van der Waals surface area contributed by atoms with Crippen LogP contribution in [0.5, 0.6) is 0 Å². The van der Waals surface area contributed by atoms with Crippen molar-refractivity contribution in [2.24, 2.45) is 0 Å². The average Bonchev–Trinajstić information content (AvgIpc) is 3.24. The third-order valence-corrected chi connectivity index (χ3v) is 3.83. The number of anilines is 1. The number of rotatable bonds is 6. The highest BCUT2D eigenvalue weighted by Crippen LogP contribution is 2.20. The number of hydrogen-bond donors (Lipinski definition) is 1. The van der Waals surface area contributed by atoms with E-state index in [4.69, 9.17) is 0 Å². The van der Waals surface area contributed by atoms with Crippen LogP contribution in [0, 0.1) is 28.4 Å². The van der Waals surface area contributed by atoms with Crippen molar-refractivity contribution < 1.29 is 9.72 Å². The molecule has 27 heavy (non-hydrogen) atoms. The third kappa shape index (κ3) is 3.82. The lowest BCUT2D eigenvalue weighted by atomic mass is 10.3. The SMILES string of the molecule is Cc1nn(CCC(=O)Nc2c(C#N)cnn2-c2ccccc2)cc1[N+](=O)[O-]. The molecule has 1 amide bonds. The van der Waals surface area contributed by atoms with Gasteiger partial charge in [0.1, 0.15) is 23.5 Å². The van der Waals surface area contributed by atoms with Crippen LogP contribution in [0.15, 0.2) is 42.7 Å². The Morgan fingerprint density at radius 1 is 1.37 bits per heavy atom. The zero-order chi connectivity index (χ0) is 19.4. The van der Waals surface area contributed by atoms with Gasteiger partial charge in [-0.1, -0.05) is 18.2 Å². The highest BCUT2D eigenvalue weighted by molar-refractivity contribution is 5.91.